The molecule has 152 valence electrons. The van der Waals surface area contributed by atoms with Gasteiger partial charge in [-0.25, -0.2) is 4.98 Å². The van der Waals surface area contributed by atoms with Gasteiger partial charge in [0.25, 0.3) is 0 Å². The van der Waals surface area contributed by atoms with Crippen molar-refractivity contribution in [3.63, 3.8) is 0 Å². The number of para-hydroxylation sites is 2. The van der Waals surface area contributed by atoms with Crippen LogP contribution in [0.3, 0.4) is 0 Å². The largest absolute Gasteiger partial charge is 0.469 e. The van der Waals surface area contributed by atoms with Gasteiger partial charge in [-0.2, -0.15) is 0 Å². The van der Waals surface area contributed by atoms with E-state index in [-0.39, 0.29) is 17.7 Å². The second-order valence-corrected chi connectivity index (χ2v) is 8.07. The van der Waals surface area contributed by atoms with Crippen molar-refractivity contribution in [2.24, 2.45) is 0 Å². The van der Waals surface area contributed by atoms with Crippen molar-refractivity contribution >= 4 is 28.8 Å². The summed E-state index contributed by atoms with van der Waals surface area (Å²) in [6, 6.07) is 21.9. The number of hydrogen-bond donors (Lipinski definition) is 1. The Morgan fingerprint density at radius 2 is 1.84 bits per heavy atom. The van der Waals surface area contributed by atoms with E-state index >= 15 is 0 Å². The summed E-state index contributed by atoms with van der Waals surface area (Å²) in [6.07, 6.45) is 7.06. The molecule has 3 heterocycles. The number of fused-ring (bicyclic) bond motifs is 3. The van der Waals surface area contributed by atoms with Crippen LogP contribution in [0.15, 0.2) is 94.8 Å². The van der Waals surface area contributed by atoms with E-state index in [2.05, 4.69) is 40.2 Å². The SMILES string of the molecule is O=C1CC(c2ccco2)CC2=C1C(C=Cc1ccccc1)n1c(nc3ccccc31)N2. The highest BCUT2D eigenvalue weighted by molar-refractivity contribution is 6.00. The summed E-state index contributed by atoms with van der Waals surface area (Å²) in [5.74, 6) is 1.83. The molecule has 0 spiro atoms. The molecule has 2 aromatic heterocycles. The molecule has 0 saturated heterocycles. The van der Waals surface area contributed by atoms with Crippen LogP contribution in [0.4, 0.5) is 5.95 Å². The number of ketones is 1. The summed E-state index contributed by atoms with van der Waals surface area (Å²) in [5, 5.41) is 3.47. The highest BCUT2D eigenvalue weighted by Gasteiger charge is 2.38. The molecule has 0 bridgehead atoms. The molecule has 2 aromatic carbocycles. The van der Waals surface area contributed by atoms with Crippen LogP contribution in [-0.2, 0) is 4.79 Å². The zero-order chi connectivity index (χ0) is 20.8. The molecule has 31 heavy (non-hydrogen) atoms. The molecule has 5 nitrogen and oxygen atoms in total. The van der Waals surface area contributed by atoms with Crippen molar-refractivity contribution < 1.29 is 9.21 Å². The number of benzene rings is 2. The molecule has 6 rings (SSSR count). The molecule has 4 aromatic rings. The zero-order valence-electron chi connectivity index (χ0n) is 16.9. The van der Waals surface area contributed by atoms with Crippen LogP contribution < -0.4 is 5.32 Å². The molecule has 2 atom stereocenters. The van der Waals surface area contributed by atoms with Crippen LogP contribution in [-0.4, -0.2) is 15.3 Å². The summed E-state index contributed by atoms with van der Waals surface area (Å²) in [7, 11) is 0. The number of nitrogens with zero attached hydrogens (tertiary/aromatic N) is 2. The second kappa shape index (κ2) is 7.13. The van der Waals surface area contributed by atoms with E-state index in [4.69, 9.17) is 9.40 Å². The van der Waals surface area contributed by atoms with Gasteiger partial charge in [-0.05, 0) is 36.2 Å². The highest BCUT2D eigenvalue weighted by atomic mass is 16.3. The molecule has 5 heteroatoms. The fourth-order valence-electron chi connectivity index (χ4n) is 4.74. The van der Waals surface area contributed by atoms with Crippen LogP contribution in [0.25, 0.3) is 17.1 Å². The van der Waals surface area contributed by atoms with E-state index in [0.29, 0.717) is 6.42 Å². The summed E-state index contributed by atoms with van der Waals surface area (Å²) < 4.78 is 7.75. The Balaban J connectivity index is 1.48. The molecular formula is C26H21N3O2. The normalized spacial score (nSPS) is 20.7. The van der Waals surface area contributed by atoms with Gasteiger partial charge in [0.05, 0.1) is 23.3 Å². The number of rotatable bonds is 3. The quantitative estimate of drug-likeness (QED) is 0.473. The van der Waals surface area contributed by atoms with Gasteiger partial charge in [-0.1, -0.05) is 54.6 Å². The molecule has 2 unspecified atom stereocenters. The molecule has 1 N–H and O–H groups in total. The first kappa shape index (κ1) is 18.0. The Bertz CT molecular complexity index is 1330. The molecule has 0 saturated carbocycles. The lowest BCUT2D eigenvalue weighted by Gasteiger charge is -2.34. The minimum atomic E-state index is -0.205. The van der Waals surface area contributed by atoms with Crippen molar-refractivity contribution in [3.05, 3.63) is 102 Å². The molecule has 2 aliphatic rings. The summed E-state index contributed by atoms with van der Waals surface area (Å²) in [6.45, 7) is 0. The van der Waals surface area contributed by atoms with E-state index in [0.717, 1.165) is 46.0 Å². The van der Waals surface area contributed by atoms with Crippen molar-refractivity contribution in [1.29, 1.82) is 0 Å². The number of carbonyl (C=O) groups excluding carboxylic acids is 1. The molecule has 0 radical (unpaired) electrons. The van der Waals surface area contributed by atoms with Crippen LogP contribution in [0.2, 0.25) is 0 Å². The third kappa shape index (κ3) is 3.01. The topological polar surface area (TPSA) is 60.1 Å². The van der Waals surface area contributed by atoms with Crippen LogP contribution in [0.1, 0.15) is 36.1 Å². The van der Waals surface area contributed by atoms with Gasteiger partial charge in [0, 0.05) is 23.6 Å². The Morgan fingerprint density at radius 3 is 2.68 bits per heavy atom. The second-order valence-electron chi connectivity index (χ2n) is 8.07. The number of imidazole rings is 1. The third-order valence-corrected chi connectivity index (χ3v) is 6.16. The van der Waals surface area contributed by atoms with Gasteiger partial charge in [0.1, 0.15) is 5.76 Å². The maximum atomic E-state index is 13.4. The minimum Gasteiger partial charge on any atom is -0.469 e. The van der Waals surface area contributed by atoms with Gasteiger partial charge in [-0.3, -0.25) is 9.36 Å². The van der Waals surface area contributed by atoms with Gasteiger partial charge in [0.15, 0.2) is 5.78 Å². The van der Waals surface area contributed by atoms with E-state index in [9.17, 15) is 4.79 Å². The summed E-state index contributed by atoms with van der Waals surface area (Å²) >= 11 is 0. The van der Waals surface area contributed by atoms with Crippen molar-refractivity contribution in [1.82, 2.24) is 9.55 Å². The smallest absolute Gasteiger partial charge is 0.209 e. The number of nitrogens with one attached hydrogen (secondary N) is 1. The fourth-order valence-corrected chi connectivity index (χ4v) is 4.74. The summed E-state index contributed by atoms with van der Waals surface area (Å²) in [4.78, 5) is 18.2. The third-order valence-electron chi connectivity index (χ3n) is 6.16. The van der Waals surface area contributed by atoms with Gasteiger partial charge >= 0.3 is 0 Å². The lowest BCUT2D eigenvalue weighted by Crippen LogP contribution is -2.31. The summed E-state index contributed by atoms with van der Waals surface area (Å²) in [5.41, 5.74) is 4.80. The Labute approximate surface area is 179 Å². The number of hydrogen-bond acceptors (Lipinski definition) is 4. The number of aromatic nitrogens is 2. The molecule has 0 amide bonds. The average molecular weight is 407 g/mol. The average Bonchev–Trinajstić information content (AvgIpc) is 3.45. The molecular weight excluding hydrogens is 386 g/mol. The predicted octanol–water partition coefficient (Wildman–Crippen LogP) is 5.71. The molecule has 1 aliphatic heterocycles. The Morgan fingerprint density at radius 1 is 1.00 bits per heavy atom. The highest BCUT2D eigenvalue weighted by Crippen LogP contribution is 2.44. The first-order valence-corrected chi connectivity index (χ1v) is 10.5. The maximum absolute atomic E-state index is 13.4. The molecule has 1 aliphatic carbocycles. The Hall–Kier alpha value is -3.86. The number of allylic oxidation sites excluding steroid dienone is 3. The standard InChI is InChI=1S/C26H21N3O2/c30-23-16-18(24-11-6-14-31-24)15-20-25(23)22(13-12-17-7-2-1-3-8-17)29-21-10-5-4-9-19(21)27-26(29)28-20/h1-14,18,22H,15-16H2,(H,27,28). The Kier molecular flexibility index (Phi) is 4.13. The van der Waals surface area contributed by atoms with E-state index in [1.54, 1.807) is 6.26 Å². The van der Waals surface area contributed by atoms with Crippen LogP contribution >= 0.6 is 0 Å². The van der Waals surface area contributed by atoms with Gasteiger partial charge < -0.3 is 9.73 Å². The van der Waals surface area contributed by atoms with E-state index in [1.807, 2.05) is 48.5 Å². The number of carbonyl (C=O) groups is 1. The lowest BCUT2D eigenvalue weighted by atomic mass is 9.81. The van der Waals surface area contributed by atoms with Crippen LogP contribution in [0, 0.1) is 0 Å². The van der Waals surface area contributed by atoms with Gasteiger partial charge in [-0.15, -0.1) is 0 Å². The van der Waals surface area contributed by atoms with E-state index in [1.165, 1.54) is 0 Å². The van der Waals surface area contributed by atoms with Crippen molar-refractivity contribution in [2.45, 2.75) is 24.8 Å². The maximum Gasteiger partial charge on any atom is 0.209 e. The number of Topliss-reactive ketones (excluding diaryl/α,β-unsaturated/α-hetero) is 1. The fraction of sp³-hybridized carbons (Fsp3) is 0.154. The van der Waals surface area contributed by atoms with Crippen molar-refractivity contribution in [2.75, 3.05) is 5.32 Å². The van der Waals surface area contributed by atoms with Gasteiger partial charge in [0.2, 0.25) is 5.95 Å². The minimum absolute atomic E-state index is 0.0448. The zero-order valence-corrected chi connectivity index (χ0v) is 16.9. The van der Waals surface area contributed by atoms with Crippen molar-refractivity contribution in [3.8, 4) is 0 Å². The first-order valence-electron chi connectivity index (χ1n) is 10.5. The monoisotopic (exact) mass is 407 g/mol. The number of anilines is 1. The van der Waals surface area contributed by atoms with E-state index < -0.39 is 0 Å². The lowest BCUT2D eigenvalue weighted by molar-refractivity contribution is -0.116. The molecule has 0 fully saturated rings. The first-order chi connectivity index (χ1) is 15.3. The number of furan rings is 1. The van der Waals surface area contributed by atoms with Crippen LogP contribution in [0.5, 0.6) is 0 Å². The predicted molar refractivity (Wildman–Crippen MR) is 121 cm³/mol.